The third-order valence-corrected chi connectivity index (χ3v) is 2.63. The monoisotopic (exact) mass is 194 g/mol. The van der Waals surface area contributed by atoms with Crippen molar-refractivity contribution in [1.82, 2.24) is 4.90 Å². The van der Waals surface area contributed by atoms with Gasteiger partial charge in [0, 0.05) is 13.6 Å². The lowest BCUT2D eigenvalue weighted by atomic mass is 10.0. The molecule has 0 aliphatic carbocycles. The Kier molecular flexibility index (Phi) is 2.00. The number of nitrogens with zero attached hydrogens (tertiary/aromatic N) is 1. The van der Waals surface area contributed by atoms with Crippen molar-refractivity contribution in [3.8, 4) is 0 Å². The molecule has 0 aromatic heterocycles. The van der Waals surface area contributed by atoms with E-state index in [0.29, 0.717) is 12.1 Å². The Hall–Kier alpha value is -1.42. The van der Waals surface area contributed by atoms with Gasteiger partial charge in [0.25, 0.3) is 5.91 Å². The molecule has 1 aliphatic rings. The number of amides is 1. The summed E-state index contributed by atoms with van der Waals surface area (Å²) in [6, 6.07) is 4.46. The Bertz CT molecular complexity index is 392. The number of rotatable bonds is 1. The molecule has 1 heterocycles. The molecule has 0 spiro atoms. The van der Waals surface area contributed by atoms with Gasteiger partial charge in [-0.05, 0) is 11.6 Å². The molecule has 0 unspecified atom stereocenters. The van der Waals surface area contributed by atoms with Gasteiger partial charge in [-0.3, -0.25) is 4.79 Å². The molecule has 14 heavy (non-hydrogen) atoms. The highest BCUT2D eigenvalue weighted by atomic mass is 19.1. The van der Waals surface area contributed by atoms with Crippen LogP contribution in [0.15, 0.2) is 18.2 Å². The first-order valence-corrected chi connectivity index (χ1v) is 4.42. The summed E-state index contributed by atoms with van der Waals surface area (Å²) >= 11 is 0. The van der Waals surface area contributed by atoms with Crippen LogP contribution in [-0.2, 0) is 0 Å². The van der Waals surface area contributed by atoms with Crippen LogP contribution in [0.5, 0.6) is 0 Å². The van der Waals surface area contributed by atoms with Crippen molar-refractivity contribution >= 4 is 5.91 Å². The molecule has 0 bridgehead atoms. The lowest BCUT2D eigenvalue weighted by Crippen LogP contribution is -2.28. The van der Waals surface area contributed by atoms with Crippen LogP contribution < -0.4 is 5.73 Å². The van der Waals surface area contributed by atoms with Gasteiger partial charge in [0.05, 0.1) is 11.6 Å². The number of likely N-dealkylation sites (N-methyl/N-ethyl adjacent to an activating group) is 1. The predicted octanol–water partition coefficient (Wildman–Crippen LogP) is 0.911. The lowest BCUT2D eigenvalue weighted by Gasteiger charge is -2.18. The molecule has 0 saturated carbocycles. The molecule has 1 aliphatic heterocycles. The summed E-state index contributed by atoms with van der Waals surface area (Å²) in [5.41, 5.74) is 6.40. The second-order valence-corrected chi connectivity index (χ2v) is 3.37. The fourth-order valence-electron chi connectivity index (χ4n) is 1.86. The molecule has 1 aromatic rings. The fraction of sp³-hybridized carbons (Fsp3) is 0.300. The van der Waals surface area contributed by atoms with Gasteiger partial charge < -0.3 is 10.6 Å². The van der Waals surface area contributed by atoms with Crippen LogP contribution in [-0.4, -0.2) is 24.4 Å². The van der Waals surface area contributed by atoms with E-state index in [1.54, 1.807) is 19.2 Å². The van der Waals surface area contributed by atoms with Gasteiger partial charge in [0.2, 0.25) is 0 Å². The topological polar surface area (TPSA) is 46.3 Å². The number of nitrogens with two attached hydrogens (primary N) is 1. The maximum Gasteiger partial charge on any atom is 0.257 e. The summed E-state index contributed by atoms with van der Waals surface area (Å²) in [6.07, 6.45) is 0. The maximum atomic E-state index is 13.3. The van der Waals surface area contributed by atoms with E-state index >= 15 is 0 Å². The fourth-order valence-corrected chi connectivity index (χ4v) is 1.86. The van der Waals surface area contributed by atoms with E-state index in [1.165, 1.54) is 11.0 Å². The van der Waals surface area contributed by atoms with Gasteiger partial charge in [-0.25, -0.2) is 4.39 Å². The molecule has 74 valence electrons. The van der Waals surface area contributed by atoms with Crippen molar-refractivity contribution in [1.29, 1.82) is 0 Å². The van der Waals surface area contributed by atoms with Gasteiger partial charge in [-0.15, -0.1) is 0 Å². The van der Waals surface area contributed by atoms with Crippen LogP contribution in [0.1, 0.15) is 22.0 Å². The lowest BCUT2D eigenvalue weighted by molar-refractivity contribution is 0.0775. The van der Waals surface area contributed by atoms with Gasteiger partial charge >= 0.3 is 0 Å². The molecule has 0 saturated heterocycles. The van der Waals surface area contributed by atoms with E-state index in [2.05, 4.69) is 0 Å². The largest absolute Gasteiger partial charge is 0.333 e. The molecular formula is C10H11FN2O. The highest BCUT2D eigenvalue weighted by Crippen LogP contribution is 2.32. The normalized spacial score (nSPS) is 20.1. The zero-order chi connectivity index (χ0) is 10.3. The van der Waals surface area contributed by atoms with E-state index < -0.39 is 5.82 Å². The zero-order valence-corrected chi connectivity index (χ0v) is 7.83. The minimum absolute atomic E-state index is 0.172. The molecule has 0 fully saturated rings. The molecule has 1 atom stereocenters. The summed E-state index contributed by atoms with van der Waals surface area (Å²) in [4.78, 5) is 13.1. The number of benzene rings is 1. The van der Waals surface area contributed by atoms with Crippen molar-refractivity contribution in [2.45, 2.75) is 6.04 Å². The van der Waals surface area contributed by atoms with Crippen LogP contribution in [0.3, 0.4) is 0 Å². The SMILES string of the molecule is CN1C(=O)c2c(F)cccc2[C@H]1CN. The van der Waals surface area contributed by atoms with E-state index in [-0.39, 0.29) is 17.5 Å². The van der Waals surface area contributed by atoms with Crippen LogP contribution in [0.25, 0.3) is 0 Å². The highest BCUT2D eigenvalue weighted by Gasteiger charge is 2.35. The Morgan fingerprint density at radius 3 is 2.93 bits per heavy atom. The molecular weight excluding hydrogens is 183 g/mol. The number of hydrogen-bond donors (Lipinski definition) is 1. The van der Waals surface area contributed by atoms with E-state index in [1.807, 2.05) is 0 Å². The van der Waals surface area contributed by atoms with Gasteiger partial charge in [0.15, 0.2) is 0 Å². The van der Waals surface area contributed by atoms with Gasteiger partial charge in [-0.1, -0.05) is 12.1 Å². The van der Waals surface area contributed by atoms with Crippen LogP contribution >= 0.6 is 0 Å². The summed E-state index contributed by atoms with van der Waals surface area (Å²) in [5.74, 6) is -0.746. The second-order valence-electron chi connectivity index (χ2n) is 3.37. The van der Waals surface area contributed by atoms with E-state index in [4.69, 9.17) is 5.73 Å². The van der Waals surface area contributed by atoms with Crippen LogP contribution in [0, 0.1) is 5.82 Å². The standard InChI is InChI=1S/C10H11FN2O/c1-13-8(5-12)6-3-2-4-7(11)9(6)10(13)14/h2-4,8H,5,12H2,1H3/t8-/m1/s1. The number of halogens is 1. The molecule has 1 aromatic carbocycles. The van der Waals surface area contributed by atoms with Crippen molar-refractivity contribution in [3.05, 3.63) is 35.1 Å². The third-order valence-electron chi connectivity index (χ3n) is 2.63. The van der Waals surface area contributed by atoms with Crippen molar-refractivity contribution in [3.63, 3.8) is 0 Å². The van der Waals surface area contributed by atoms with Gasteiger partial charge in [-0.2, -0.15) is 0 Å². The Morgan fingerprint density at radius 2 is 2.29 bits per heavy atom. The Labute approximate surface area is 81.3 Å². The molecule has 2 N–H and O–H groups in total. The zero-order valence-electron chi connectivity index (χ0n) is 7.83. The third kappa shape index (κ3) is 1.04. The second kappa shape index (κ2) is 3.06. The van der Waals surface area contributed by atoms with Crippen molar-refractivity contribution in [2.75, 3.05) is 13.6 Å². The number of carbonyl (C=O) groups is 1. The predicted molar refractivity (Wildman–Crippen MR) is 50.3 cm³/mol. The first-order valence-electron chi connectivity index (χ1n) is 4.42. The average molecular weight is 194 g/mol. The quantitative estimate of drug-likeness (QED) is 0.722. The minimum atomic E-state index is -0.463. The summed E-state index contributed by atoms with van der Waals surface area (Å²) in [6.45, 7) is 0.318. The molecule has 4 heteroatoms. The van der Waals surface area contributed by atoms with Crippen LogP contribution in [0.2, 0.25) is 0 Å². The smallest absolute Gasteiger partial charge is 0.257 e. The summed E-state index contributed by atoms with van der Waals surface area (Å²) in [5, 5.41) is 0. The number of carbonyl (C=O) groups excluding carboxylic acids is 1. The number of fused-ring (bicyclic) bond motifs is 1. The molecule has 1 amide bonds. The minimum Gasteiger partial charge on any atom is -0.333 e. The molecule has 3 nitrogen and oxygen atoms in total. The Balaban J connectivity index is 2.61. The van der Waals surface area contributed by atoms with Crippen LogP contribution in [0.4, 0.5) is 4.39 Å². The van der Waals surface area contributed by atoms with Crippen molar-refractivity contribution in [2.24, 2.45) is 5.73 Å². The highest BCUT2D eigenvalue weighted by molar-refractivity contribution is 5.99. The van der Waals surface area contributed by atoms with E-state index in [9.17, 15) is 9.18 Å². The molecule has 0 radical (unpaired) electrons. The van der Waals surface area contributed by atoms with Crippen molar-refractivity contribution < 1.29 is 9.18 Å². The van der Waals surface area contributed by atoms with Gasteiger partial charge in [0.1, 0.15) is 5.82 Å². The Morgan fingerprint density at radius 1 is 1.57 bits per heavy atom. The van der Waals surface area contributed by atoms with E-state index in [0.717, 1.165) is 0 Å². The molecule has 2 rings (SSSR count). The first kappa shape index (κ1) is 9.15. The average Bonchev–Trinajstić information content (AvgIpc) is 2.41. The number of hydrogen-bond acceptors (Lipinski definition) is 2. The maximum absolute atomic E-state index is 13.3. The first-order chi connectivity index (χ1) is 6.66. The summed E-state index contributed by atoms with van der Waals surface area (Å²) < 4.78 is 13.3. The summed E-state index contributed by atoms with van der Waals surface area (Å²) in [7, 11) is 1.64.